The van der Waals surface area contributed by atoms with Crippen LogP contribution in [0.4, 0.5) is 0 Å². The summed E-state index contributed by atoms with van der Waals surface area (Å²) in [4.78, 5) is 15.0. The standard InChI is InChI=1S/C17H17N5O2/c1-23-14-5-2-4-12(8-14)9-22-10-13(11-22)17-20-16(21-24-17)15-18-6-3-7-19-15/h2-8,13H,9-11H2,1H3. The Morgan fingerprint density at radius 2 is 2.00 bits per heavy atom. The second kappa shape index (κ2) is 6.37. The van der Waals surface area contributed by atoms with Gasteiger partial charge in [0.15, 0.2) is 0 Å². The molecule has 0 bridgehead atoms. The fourth-order valence-electron chi connectivity index (χ4n) is 2.79. The smallest absolute Gasteiger partial charge is 0.240 e. The van der Waals surface area contributed by atoms with Gasteiger partial charge in [0.2, 0.25) is 17.5 Å². The molecule has 1 aromatic carbocycles. The van der Waals surface area contributed by atoms with Gasteiger partial charge in [-0.2, -0.15) is 4.98 Å². The highest BCUT2D eigenvalue weighted by molar-refractivity contribution is 5.40. The number of ether oxygens (including phenoxy) is 1. The highest BCUT2D eigenvalue weighted by atomic mass is 16.5. The Morgan fingerprint density at radius 1 is 1.17 bits per heavy atom. The first kappa shape index (κ1) is 14.8. The van der Waals surface area contributed by atoms with E-state index >= 15 is 0 Å². The van der Waals surface area contributed by atoms with E-state index in [-0.39, 0.29) is 5.92 Å². The van der Waals surface area contributed by atoms with Gasteiger partial charge in [0.25, 0.3) is 0 Å². The van der Waals surface area contributed by atoms with Crippen molar-refractivity contribution in [2.75, 3.05) is 20.2 Å². The minimum atomic E-state index is 0.264. The van der Waals surface area contributed by atoms with E-state index in [0.717, 1.165) is 25.4 Å². The second-order valence-electron chi connectivity index (χ2n) is 5.77. The highest BCUT2D eigenvalue weighted by Gasteiger charge is 2.32. The number of benzene rings is 1. The molecule has 3 aromatic rings. The molecule has 3 heterocycles. The summed E-state index contributed by atoms with van der Waals surface area (Å²) in [6, 6.07) is 9.88. The third-order valence-corrected chi connectivity index (χ3v) is 4.05. The Bertz CT molecular complexity index is 815. The Hall–Kier alpha value is -2.80. The number of methoxy groups -OCH3 is 1. The summed E-state index contributed by atoms with van der Waals surface area (Å²) in [6.45, 7) is 2.68. The van der Waals surface area contributed by atoms with Crippen molar-refractivity contribution in [3.05, 3.63) is 54.2 Å². The van der Waals surface area contributed by atoms with Gasteiger partial charge in [0.05, 0.1) is 13.0 Å². The van der Waals surface area contributed by atoms with E-state index in [0.29, 0.717) is 17.5 Å². The SMILES string of the molecule is COc1cccc(CN2CC(c3nc(-c4ncccn4)no3)C2)c1. The zero-order valence-electron chi connectivity index (χ0n) is 13.3. The van der Waals surface area contributed by atoms with Crippen molar-refractivity contribution in [3.8, 4) is 17.4 Å². The molecule has 0 unspecified atom stereocenters. The number of hydrogen-bond acceptors (Lipinski definition) is 7. The summed E-state index contributed by atoms with van der Waals surface area (Å²) in [5.74, 6) is 2.73. The monoisotopic (exact) mass is 323 g/mol. The van der Waals surface area contributed by atoms with Crippen LogP contribution in [0.2, 0.25) is 0 Å². The average molecular weight is 323 g/mol. The van der Waals surface area contributed by atoms with Gasteiger partial charge in [-0.15, -0.1) is 0 Å². The summed E-state index contributed by atoms with van der Waals surface area (Å²) in [5, 5.41) is 3.97. The predicted octanol–water partition coefficient (Wildman–Crippen LogP) is 2.13. The maximum absolute atomic E-state index is 5.37. The van der Waals surface area contributed by atoms with Crippen LogP contribution in [0.3, 0.4) is 0 Å². The molecule has 1 saturated heterocycles. The fraction of sp³-hybridized carbons (Fsp3) is 0.294. The van der Waals surface area contributed by atoms with Crippen LogP contribution in [0.5, 0.6) is 5.75 Å². The molecule has 0 atom stereocenters. The van der Waals surface area contributed by atoms with E-state index in [2.05, 4.69) is 37.1 Å². The van der Waals surface area contributed by atoms with Gasteiger partial charge in [0.1, 0.15) is 5.75 Å². The molecule has 7 nitrogen and oxygen atoms in total. The lowest BCUT2D eigenvalue weighted by Gasteiger charge is -2.37. The van der Waals surface area contributed by atoms with Gasteiger partial charge in [-0.25, -0.2) is 9.97 Å². The fourth-order valence-corrected chi connectivity index (χ4v) is 2.79. The molecule has 1 aliphatic heterocycles. The van der Waals surface area contributed by atoms with Crippen molar-refractivity contribution in [3.63, 3.8) is 0 Å². The minimum Gasteiger partial charge on any atom is -0.497 e. The average Bonchev–Trinajstić information content (AvgIpc) is 3.08. The third kappa shape index (κ3) is 2.98. The highest BCUT2D eigenvalue weighted by Crippen LogP contribution is 2.28. The molecule has 2 aromatic heterocycles. The molecule has 24 heavy (non-hydrogen) atoms. The zero-order chi connectivity index (χ0) is 16.4. The van der Waals surface area contributed by atoms with Gasteiger partial charge in [-0.1, -0.05) is 17.3 Å². The summed E-state index contributed by atoms with van der Waals surface area (Å²) in [7, 11) is 1.68. The van der Waals surface area contributed by atoms with E-state index < -0.39 is 0 Å². The lowest BCUT2D eigenvalue weighted by atomic mass is 9.99. The molecular formula is C17H17N5O2. The maximum atomic E-state index is 5.37. The van der Waals surface area contributed by atoms with E-state index in [1.54, 1.807) is 25.6 Å². The molecule has 1 fully saturated rings. The Balaban J connectivity index is 1.37. The lowest BCUT2D eigenvalue weighted by molar-refractivity contribution is 0.117. The topological polar surface area (TPSA) is 77.2 Å². The molecule has 0 spiro atoms. The molecule has 4 rings (SSSR count). The number of aromatic nitrogens is 4. The molecule has 0 aliphatic carbocycles. The van der Waals surface area contributed by atoms with Crippen molar-refractivity contribution in [2.45, 2.75) is 12.5 Å². The molecule has 0 N–H and O–H groups in total. The predicted molar refractivity (Wildman–Crippen MR) is 86.3 cm³/mol. The zero-order valence-corrected chi connectivity index (χ0v) is 13.3. The van der Waals surface area contributed by atoms with Gasteiger partial charge < -0.3 is 9.26 Å². The first-order chi connectivity index (χ1) is 11.8. The van der Waals surface area contributed by atoms with Crippen molar-refractivity contribution in [2.24, 2.45) is 0 Å². The third-order valence-electron chi connectivity index (χ3n) is 4.05. The molecule has 7 heteroatoms. The summed E-state index contributed by atoms with van der Waals surface area (Å²) in [5.41, 5.74) is 1.23. The van der Waals surface area contributed by atoms with E-state index in [1.807, 2.05) is 12.1 Å². The van der Waals surface area contributed by atoms with Crippen molar-refractivity contribution < 1.29 is 9.26 Å². The molecule has 1 aliphatic rings. The van der Waals surface area contributed by atoms with Crippen LogP contribution in [0, 0.1) is 0 Å². The van der Waals surface area contributed by atoms with E-state index in [4.69, 9.17) is 9.26 Å². The van der Waals surface area contributed by atoms with Gasteiger partial charge in [-0.05, 0) is 23.8 Å². The molecular weight excluding hydrogens is 306 g/mol. The first-order valence-corrected chi connectivity index (χ1v) is 7.78. The van der Waals surface area contributed by atoms with Crippen molar-refractivity contribution in [1.29, 1.82) is 0 Å². The quantitative estimate of drug-likeness (QED) is 0.712. The van der Waals surface area contributed by atoms with Crippen molar-refractivity contribution in [1.82, 2.24) is 25.0 Å². The Labute approximate surface area is 139 Å². The number of hydrogen-bond donors (Lipinski definition) is 0. The van der Waals surface area contributed by atoms with Gasteiger partial charge >= 0.3 is 0 Å². The van der Waals surface area contributed by atoms with E-state index in [9.17, 15) is 0 Å². The van der Waals surface area contributed by atoms with Gasteiger partial charge in [0, 0.05) is 32.0 Å². The summed E-state index contributed by atoms with van der Waals surface area (Å²) < 4.78 is 10.6. The van der Waals surface area contributed by atoms with Crippen LogP contribution in [-0.4, -0.2) is 45.2 Å². The number of rotatable bonds is 5. The van der Waals surface area contributed by atoms with Crippen LogP contribution in [0.15, 0.2) is 47.2 Å². The van der Waals surface area contributed by atoms with Crippen LogP contribution in [0.1, 0.15) is 17.4 Å². The van der Waals surface area contributed by atoms with Crippen LogP contribution >= 0.6 is 0 Å². The minimum absolute atomic E-state index is 0.264. The van der Waals surface area contributed by atoms with Crippen LogP contribution in [0.25, 0.3) is 11.6 Å². The van der Waals surface area contributed by atoms with E-state index in [1.165, 1.54) is 5.56 Å². The maximum Gasteiger partial charge on any atom is 0.240 e. The van der Waals surface area contributed by atoms with Crippen LogP contribution in [-0.2, 0) is 6.54 Å². The molecule has 122 valence electrons. The Morgan fingerprint density at radius 3 is 2.79 bits per heavy atom. The number of nitrogens with zero attached hydrogens (tertiary/aromatic N) is 5. The Kier molecular flexibility index (Phi) is 3.92. The summed E-state index contributed by atoms with van der Waals surface area (Å²) >= 11 is 0. The summed E-state index contributed by atoms with van der Waals surface area (Å²) in [6.07, 6.45) is 3.33. The number of likely N-dealkylation sites (tertiary alicyclic amines) is 1. The largest absolute Gasteiger partial charge is 0.497 e. The van der Waals surface area contributed by atoms with Crippen molar-refractivity contribution >= 4 is 0 Å². The van der Waals surface area contributed by atoms with Crippen LogP contribution < -0.4 is 4.74 Å². The second-order valence-corrected chi connectivity index (χ2v) is 5.77. The molecule has 0 amide bonds. The molecule has 0 saturated carbocycles. The lowest BCUT2D eigenvalue weighted by Crippen LogP contribution is -2.44. The van der Waals surface area contributed by atoms with Gasteiger partial charge in [-0.3, -0.25) is 4.90 Å². The molecule has 0 radical (unpaired) electrons. The normalized spacial score (nSPS) is 15.2. The first-order valence-electron chi connectivity index (χ1n) is 7.78.